The van der Waals surface area contributed by atoms with Gasteiger partial charge in [-0.2, -0.15) is 0 Å². The van der Waals surface area contributed by atoms with E-state index in [0.717, 1.165) is 6.42 Å². The SMILES string of the molecule is CCC(Br)C(=O)NCCNC(C)=O. The summed E-state index contributed by atoms with van der Waals surface area (Å²) in [4.78, 5) is 21.5. The topological polar surface area (TPSA) is 58.2 Å². The summed E-state index contributed by atoms with van der Waals surface area (Å²) < 4.78 is 0. The van der Waals surface area contributed by atoms with Crippen molar-refractivity contribution in [2.75, 3.05) is 13.1 Å². The first-order valence-corrected chi connectivity index (χ1v) is 5.15. The molecular weight excluding hydrogens is 236 g/mol. The van der Waals surface area contributed by atoms with Gasteiger partial charge in [0.2, 0.25) is 11.8 Å². The van der Waals surface area contributed by atoms with Gasteiger partial charge in [0, 0.05) is 20.0 Å². The molecule has 5 heteroatoms. The largest absolute Gasteiger partial charge is 0.355 e. The highest BCUT2D eigenvalue weighted by Gasteiger charge is 2.10. The standard InChI is InChI=1S/C8H15BrN2O2/c1-3-7(9)8(13)11-5-4-10-6(2)12/h7H,3-5H2,1-2H3,(H,10,12)(H,11,13). The third kappa shape index (κ3) is 6.57. The molecule has 0 aromatic rings. The van der Waals surface area contributed by atoms with E-state index in [2.05, 4.69) is 26.6 Å². The van der Waals surface area contributed by atoms with Crippen LogP contribution in [-0.4, -0.2) is 29.7 Å². The normalized spacial score (nSPS) is 11.9. The second-order valence-corrected chi connectivity index (χ2v) is 3.76. The van der Waals surface area contributed by atoms with E-state index in [1.165, 1.54) is 6.92 Å². The molecule has 76 valence electrons. The van der Waals surface area contributed by atoms with Crippen LogP contribution in [0.2, 0.25) is 0 Å². The van der Waals surface area contributed by atoms with Crippen LogP contribution in [-0.2, 0) is 9.59 Å². The van der Waals surface area contributed by atoms with E-state index >= 15 is 0 Å². The molecule has 0 aromatic carbocycles. The van der Waals surface area contributed by atoms with Crippen molar-refractivity contribution in [2.45, 2.75) is 25.1 Å². The predicted octanol–water partition coefficient (Wildman–Crippen LogP) is 0.412. The van der Waals surface area contributed by atoms with Crippen LogP contribution < -0.4 is 10.6 Å². The zero-order valence-electron chi connectivity index (χ0n) is 7.89. The fraction of sp³-hybridized carbons (Fsp3) is 0.750. The zero-order chi connectivity index (χ0) is 10.3. The lowest BCUT2D eigenvalue weighted by molar-refractivity contribution is -0.121. The molecule has 2 amide bonds. The van der Waals surface area contributed by atoms with Gasteiger partial charge in [-0.1, -0.05) is 22.9 Å². The summed E-state index contributed by atoms with van der Waals surface area (Å²) in [6.07, 6.45) is 0.756. The molecule has 0 aliphatic rings. The molecule has 0 fully saturated rings. The van der Waals surface area contributed by atoms with Crippen molar-refractivity contribution in [3.05, 3.63) is 0 Å². The van der Waals surface area contributed by atoms with Gasteiger partial charge in [-0.05, 0) is 6.42 Å². The Morgan fingerprint density at radius 1 is 1.31 bits per heavy atom. The van der Waals surface area contributed by atoms with Crippen LogP contribution in [0.1, 0.15) is 20.3 Å². The highest BCUT2D eigenvalue weighted by Crippen LogP contribution is 2.02. The highest BCUT2D eigenvalue weighted by molar-refractivity contribution is 9.10. The predicted molar refractivity (Wildman–Crippen MR) is 54.7 cm³/mol. The van der Waals surface area contributed by atoms with E-state index in [1.807, 2.05) is 6.92 Å². The monoisotopic (exact) mass is 250 g/mol. The summed E-state index contributed by atoms with van der Waals surface area (Å²) in [5, 5.41) is 5.28. The molecule has 0 heterocycles. The average Bonchev–Trinajstić information content (AvgIpc) is 2.10. The van der Waals surface area contributed by atoms with E-state index in [0.29, 0.717) is 13.1 Å². The van der Waals surface area contributed by atoms with Crippen molar-refractivity contribution >= 4 is 27.7 Å². The second kappa shape index (κ2) is 6.88. The number of halogens is 1. The molecule has 0 aromatic heterocycles. The Labute approximate surface area is 86.6 Å². The van der Waals surface area contributed by atoms with Crippen LogP contribution in [0.5, 0.6) is 0 Å². The number of rotatable bonds is 5. The van der Waals surface area contributed by atoms with Crippen LogP contribution in [0, 0.1) is 0 Å². The van der Waals surface area contributed by atoms with Crippen molar-refractivity contribution in [1.82, 2.24) is 10.6 Å². The maximum atomic E-state index is 11.1. The van der Waals surface area contributed by atoms with Crippen molar-refractivity contribution < 1.29 is 9.59 Å². The summed E-state index contributed by atoms with van der Waals surface area (Å²) in [6, 6.07) is 0. The molecule has 0 rings (SSSR count). The maximum absolute atomic E-state index is 11.1. The molecule has 1 atom stereocenters. The lowest BCUT2D eigenvalue weighted by Crippen LogP contribution is -2.37. The second-order valence-electron chi connectivity index (χ2n) is 2.65. The van der Waals surface area contributed by atoms with E-state index in [-0.39, 0.29) is 16.6 Å². The van der Waals surface area contributed by atoms with Crippen molar-refractivity contribution in [1.29, 1.82) is 0 Å². The Balaban J connectivity index is 3.42. The summed E-state index contributed by atoms with van der Waals surface area (Å²) in [5.74, 6) is -0.118. The lowest BCUT2D eigenvalue weighted by atomic mass is 10.3. The maximum Gasteiger partial charge on any atom is 0.233 e. The molecule has 0 spiro atoms. The van der Waals surface area contributed by atoms with E-state index in [9.17, 15) is 9.59 Å². The average molecular weight is 251 g/mol. The number of hydrogen-bond acceptors (Lipinski definition) is 2. The number of carbonyl (C=O) groups is 2. The number of carbonyl (C=O) groups excluding carboxylic acids is 2. The first-order chi connectivity index (χ1) is 6.07. The molecule has 0 aliphatic carbocycles. The molecule has 2 N–H and O–H groups in total. The number of hydrogen-bond donors (Lipinski definition) is 2. The van der Waals surface area contributed by atoms with Crippen molar-refractivity contribution in [2.24, 2.45) is 0 Å². The van der Waals surface area contributed by atoms with Crippen molar-refractivity contribution in [3.8, 4) is 0 Å². The minimum atomic E-state index is -0.134. The highest BCUT2D eigenvalue weighted by atomic mass is 79.9. The van der Waals surface area contributed by atoms with Gasteiger partial charge in [0.15, 0.2) is 0 Å². The van der Waals surface area contributed by atoms with Gasteiger partial charge in [-0.15, -0.1) is 0 Å². The Hall–Kier alpha value is -0.580. The van der Waals surface area contributed by atoms with Gasteiger partial charge >= 0.3 is 0 Å². The summed E-state index contributed by atoms with van der Waals surface area (Å²) in [7, 11) is 0. The van der Waals surface area contributed by atoms with Gasteiger partial charge in [0.05, 0.1) is 4.83 Å². The van der Waals surface area contributed by atoms with Gasteiger partial charge in [0.25, 0.3) is 0 Å². The third-order valence-corrected chi connectivity index (χ3v) is 2.50. The molecule has 4 nitrogen and oxygen atoms in total. The molecule has 13 heavy (non-hydrogen) atoms. The Kier molecular flexibility index (Phi) is 6.58. The molecule has 0 radical (unpaired) electrons. The first-order valence-electron chi connectivity index (χ1n) is 4.24. The van der Waals surface area contributed by atoms with Crippen LogP contribution in [0.15, 0.2) is 0 Å². The molecule has 0 aliphatic heterocycles. The number of nitrogens with one attached hydrogen (secondary N) is 2. The van der Waals surface area contributed by atoms with Crippen LogP contribution >= 0.6 is 15.9 Å². The summed E-state index contributed by atoms with van der Waals surface area (Å²) in [5.41, 5.74) is 0. The van der Waals surface area contributed by atoms with Crippen molar-refractivity contribution in [3.63, 3.8) is 0 Å². The fourth-order valence-corrected chi connectivity index (χ4v) is 0.882. The molecule has 0 bridgehead atoms. The first kappa shape index (κ1) is 12.4. The minimum absolute atomic E-state index is 0.0344. The summed E-state index contributed by atoms with van der Waals surface area (Å²) in [6.45, 7) is 4.32. The van der Waals surface area contributed by atoms with Gasteiger partial charge in [-0.25, -0.2) is 0 Å². The van der Waals surface area contributed by atoms with Crippen LogP contribution in [0.4, 0.5) is 0 Å². The summed E-state index contributed by atoms with van der Waals surface area (Å²) >= 11 is 3.22. The quantitative estimate of drug-likeness (QED) is 0.549. The van der Waals surface area contributed by atoms with E-state index < -0.39 is 0 Å². The molecule has 0 saturated heterocycles. The Morgan fingerprint density at radius 2 is 1.85 bits per heavy atom. The smallest absolute Gasteiger partial charge is 0.233 e. The Bertz CT molecular complexity index is 185. The molecule has 0 saturated carbocycles. The lowest BCUT2D eigenvalue weighted by Gasteiger charge is -2.08. The van der Waals surface area contributed by atoms with Gasteiger partial charge < -0.3 is 10.6 Å². The van der Waals surface area contributed by atoms with Gasteiger partial charge in [0.1, 0.15) is 0 Å². The molecular formula is C8H15BrN2O2. The third-order valence-electron chi connectivity index (χ3n) is 1.44. The number of alkyl halides is 1. The van der Waals surface area contributed by atoms with E-state index in [1.54, 1.807) is 0 Å². The van der Waals surface area contributed by atoms with Crippen LogP contribution in [0.3, 0.4) is 0 Å². The Morgan fingerprint density at radius 3 is 2.31 bits per heavy atom. The van der Waals surface area contributed by atoms with E-state index in [4.69, 9.17) is 0 Å². The van der Waals surface area contributed by atoms with Gasteiger partial charge in [-0.3, -0.25) is 9.59 Å². The van der Waals surface area contributed by atoms with Crippen LogP contribution in [0.25, 0.3) is 0 Å². The number of amides is 2. The minimum Gasteiger partial charge on any atom is -0.355 e. The molecule has 1 unspecified atom stereocenters. The fourth-order valence-electron chi connectivity index (χ4n) is 0.720. The zero-order valence-corrected chi connectivity index (χ0v) is 9.48.